The maximum Gasteiger partial charge on any atom is 0.410 e. The Morgan fingerprint density at radius 1 is 1.19 bits per heavy atom. The predicted molar refractivity (Wildman–Crippen MR) is 78.8 cm³/mol. The van der Waals surface area contributed by atoms with E-state index < -0.39 is 5.60 Å². The third-order valence-corrected chi connectivity index (χ3v) is 4.40. The van der Waals surface area contributed by atoms with Gasteiger partial charge in [0.1, 0.15) is 5.60 Å². The quantitative estimate of drug-likeness (QED) is 0.751. The van der Waals surface area contributed by atoms with Gasteiger partial charge in [0.05, 0.1) is 12.5 Å². The number of nitrogens with zero attached hydrogens (tertiary/aromatic N) is 1. The van der Waals surface area contributed by atoms with Gasteiger partial charge in [0.2, 0.25) is 0 Å². The minimum absolute atomic E-state index is 0.101. The first kappa shape index (κ1) is 16.1. The Kier molecular flexibility index (Phi) is 4.49. The van der Waals surface area contributed by atoms with E-state index in [2.05, 4.69) is 0 Å². The van der Waals surface area contributed by atoms with Crippen molar-refractivity contribution in [1.29, 1.82) is 0 Å². The van der Waals surface area contributed by atoms with E-state index in [4.69, 9.17) is 9.47 Å². The van der Waals surface area contributed by atoms with E-state index in [0.29, 0.717) is 12.5 Å². The maximum atomic E-state index is 12.5. The van der Waals surface area contributed by atoms with Crippen molar-refractivity contribution in [2.24, 2.45) is 11.8 Å². The molecule has 5 heteroatoms. The third kappa shape index (κ3) is 3.16. The Hall–Kier alpha value is -1.26. The number of piperidine rings is 2. The van der Waals surface area contributed by atoms with Crippen LogP contribution in [0.15, 0.2) is 0 Å². The molecule has 1 aliphatic carbocycles. The zero-order valence-corrected chi connectivity index (χ0v) is 13.7. The summed E-state index contributed by atoms with van der Waals surface area (Å²) < 4.78 is 10.7. The van der Waals surface area contributed by atoms with Gasteiger partial charge in [0.15, 0.2) is 0 Å². The second-order valence-corrected chi connectivity index (χ2v) is 7.03. The lowest BCUT2D eigenvalue weighted by Crippen LogP contribution is -2.65. The van der Waals surface area contributed by atoms with Crippen LogP contribution < -0.4 is 0 Å². The highest BCUT2D eigenvalue weighted by atomic mass is 16.6. The fourth-order valence-corrected chi connectivity index (χ4v) is 3.55. The monoisotopic (exact) mass is 297 g/mol. The Bertz CT molecular complexity index is 409. The van der Waals surface area contributed by atoms with Crippen molar-refractivity contribution >= 4 is 12.1 Å². The van der Waals surface area contributed by atoms with Gasteiger partial charge in [-0.05, 0) is 52.9 Å². The van der Waals surface area contributed by atoms with Crippen LogP contribution in [-0.2, 0) is 14.3 Å². The second-order valence-electron chi connectivity index (χ2n) is 7.03. The number of hydrogen-bond acceptors (Lipinski definition) is 4. The highest BCUT2D eigenvalue weighted by molar-refractivity contribution is 5.77. The fraction of sp³-hybridized carbons (Fsp3) is 0.875. The molecule has 0 aromatic heterocycles. The molecule has 3 rings (SSSR count). The molecule has 21 heavy (non-hydrogen) atoms. The van der Waals surface area contributed by atoms with Crippen LogP contribution in [0.4, 0.5) is 4.79 Å². The molecule has 120 valence electrons. The normalized spacial score (nSPS) is 31.4. The second kappa shape index (κ2) is 5.85. The molecule has 3 fully saturated rings. The van der Waals surface area contributed by atoms with Crippen molar-refractivity contribution in [1.82, 2.24) is 4.90 Å². The molecule has 2 atom stereocenters. The molecule has 2 bridgehead atoms. The van der Waals surface area contributed by atoms with E-state index in [9.17, 15) is 9.59 Å². The van der Waals surface area contributed by atoms with E-state index in [0.717, 1.165) is 19.3 Å². The molecule has 5 nitrogen and oxygen atoms in total. The van der Waals surface area contributed by atoms with Crippen molar-refractivity contribution in [3.05, 3.63) is 0 Å². The summed E-state index contributed by atoms with van der Waals surface area (Å²) in [6.45, 7) is 9.80. The summed E-state index contributed by atoms with van der Waals surface area (Å²) in [5, 5.41) is 0. The van der Waals surface area contributed by atoms with Gasteiger partial charge in [-0.1, -0.05) is 6.92 Å². The number of carbonyl (C=O) groups excluding carboxylic acids is 2. The van der Waals surface area contributed by atoms with E-state index >= 15 is 0 Å². The topological polar surface area (TPSA) is 55.8 Å². The standard InChI is InChI=1S/C16H27NO4/c1-6-12-13(14(18)20-7-2)10-8-11(9-10)17(12)15(19)21-16(3,4)5/h10-13H,6-9H2,1-5H3. The average Bonchev–Trinajstić information content (AvgIpc) is 2.33. The van der Waals surface area contributed by atoms with Crippen LogP contribution in [-0.4, -0.2) is 41.3 Å². The Balaban J connectivity index is 2.17. The van der Waals surface area contributed by atoms with E-state index in [1.54, 1.807) is 4.90 Å². The minimum Gasteiger partial charge on any atom is -0.466 e. The van der Waals surface area contributed by atoms with Crippen LogP contribution in [0, 0.1) is 11.8 Å². The van der Waals surface area contributed by atoms with Crippen LogP contribution in [0.3, 0.4) is 0 Å². The molecule has 1 amide bonds. The Morgan fingerprint density at radius 2 is 1.81 bits per heavy atom. The number of hydrogen-bond donors (Lipinski definition) is 0. The molecule has 0 spiro atoms. The molecule has 0 aromatic rings. The summed E-state index contributed by atoms with van der Waals surface area (Å²) in [5.41, 5.74) is -0.518. The van der Waals surface area contributed by atoms with Crippen LogP contribution in [0.5, 0.6) is 0 Å². The molecule has 0 aromatic carbocycles. The first-order valence-corrected chi connectivity index (χ1v) is 7.96. The number of amides is 1. The van der Waals surface area contributed by atoms with Crippen molar-refractivity contribution < 1.29 is 19.1 Å². The smallest absolute Gasteiger partial charge is 0.410 e. The molecule has 2 saturated heterocycles. The van der Waals surface area contributed by atoms with Crippen molar-refractivity contribution in [3.8, 4) is 0 Å². The lowest BCUT2D eigenvalue weighted by molar-refractivity contribution is -0.165. The lowest BCUT2D eigenvalue weighted by Gasteiger charge is -2.56. The van der Waals surface area contributed by atoms with Crippen LogP contribution in [0.25, 0.3) is 0 Å². The lowest BCUT2D eigenvalue weighted by atomic mass is 9.63. The molecule has 0 N–H and O–H groups in total. The van der Waals surface area contributed by atoms with Gasteiger partial charge in [0.25, 0.3) is 0 Å². The maximum absolute atomic E-state index is 12.5. The molecule has 3 aliphatic rings. The first-order chi connectivity index (χ1) is 9.78. The van der Waals surface area contributed by atoms with Gasteiger partial charge in [-0.15, -0.1) is 0 Å². The van der Waals surface area contributed by atoms with Gasteiger partial charge in [-0.2, -0.15) is 0 Å². The molecular weight excluding hydrogens is 270 g/mol. The van der Waals surface area contributed by atoms with Crippen molar-refractivity contribution in [3.63, 3.8) is 0 Å². The number of carbonyl (C=O) groups is 2. The molecule has 0 radical (unpaired) electrons. The fourth-order valence-electron chi connectivity index (χ4n) is 3.55. The Labute approximate surface area is 127 Å². The van der Waals surface area contributed by atoms with E-state index in [1.807, 2.05) is 34.6 Å². The van der Waals surface area contributed by atoms with Gasteiger partial charge >= 0.3 is 12.1 Å². The summed E-state index contributed by atoms with van der Waals surface area (Å²) >= 11 is 0. The van der Waals surface area contributed by atoms with Crippen molar-refractivity contribution in [2.75, 3.05) is 6.61 Å². The molecule has 2 unspecified atom stereocenters. The van der Waals surface area contributed by atoms with Crippen LogP contribution >= 0.6 is 0 Å². The number of fused-ring (bicyclic) bond motifs is 2. The SMILES string of the molecule is CCOC(=O)C1C2CC(C2)N(C(=O)OC(C)(C)C)C1CC. The predicted octanol–water partition coefficient (Wildman–Crippen LogP) is 2.97. The minimum atomic E-state index is -0.518. The van der Waals surface area contributed by atoms with Gasteiger partial charge in [-0.25, -0.2) is 4.79 Å². The van der Waals surface area contributed by atoms with Crippen LogP contribution in [0.1, 0.15) is 53.9 Å². The summed E-state index contributed by atoms with van der Waals surface area (Å²) in [6, 6.07) is 0.122. The largest absolute Gasteiger partial charge is 0.466 e. The average molecular weight is 297 g/mol. The Morgan fingerprint density at radius 3 is 2.29 bits per heavy atom. The highest BCUT2D eigenvalue weighted by Crippen LogP contribution is 2.48. The van der Waals surface area contributed by atoms with E-state index in [1.165, 1.54) is 0 Å². The zero-order chi connectivity index (χ0) is 15.8. The first-order valence-electron chi connectivity index (χ1n) is 7.96. The number of esters is 1. The molecule has 2 heterocycles. The van der Waals surface area contributed by atoms with Gasteiger partial charge in [-0.3, -0.25) is 4.79 Å². The summed E-state index contributed by atoms with van der Waals surface area (Å²) in [7, 11) is 0. The molecule has 2 aliphatic heterocycles. The van der Waals surface area contributed by atoms with Gasteiger partial charge < -0.3 is 14.4 Å². The van der Waals surface area contributed by atoms with E-state index in [-0.39, 0.29) is 30.1 Å². The number of rotatable bonds is 3. The van der Waals surface area contributed by atoms with Gasteiger partial charge in [0, 0.05) is 12.1 Å². The van der Waals surface area contributed by atoms with Crippen molar-refractivity contribution in [2.45, 2.75) is 71.6 Å². The number of ether oxygens (including phenoxy) is 2. The molecular formula is C16H27NO4. The summed E-state index contributed by atoms with van der Waals surface area (Å²) in [6.07, 6.45) is 2.22. The highest BCUT2D eigenvalue weighted by Gasteiger charge is 2.55. The summed E-state index contributed by atoms with van der Waals surface area (Å²) in [4.78, 5) is 26.5. The molecule has 1 saturated carbocycles. The summed E-state index contributed by atoms with van der Waals surface area (Å²) in [5.74, 6) is -0.00814. The zero-order valence-electron chi connectivity index (χ0n) is 13.7. The van der Waals surface area contributed by atoms with Crippen LogP contribution in [0.2, 0.25) is 0 Å². The third-order valence-electron chi connectivity index (χ3n) is 4.40.